The molecule has 1 saturated heterocycles. The van der Waals surface area contributed by atoms with Gasteiger partial charge in [0.1, 0.15) is 11.4 Å². The first-order valence-electron chi connectivity index (χ1n) is 9.56. The number of anilines is 2. The number of pyridine rings is 1. The fourth-order valence-corrected chi connectivity index (χ4v) is 4.54. The number of ether oxygens (including phenoxy) is 1. The standard InChI is InChI=1S/C20H26N4O4S/c1-3-28-20-18(8-5-9-21-20)22-19(25)15-29(26,27)24-12-10-23(11-13-24)17-7-4-6-16(2)14-17/h4-9,14H,3,10-13,15H2,1-2H3,(H,22,25). The molecule has 2 aromatic rings. The van der Waals surface area contributed by atoms with Crippen molar-refractivity contribution in [2.75, 3.05) is 48.8 Å². The largest absolute Gasteiger partial charge is 0.476 e. The number of hydrogen-bond acceptors (Lipinski definition) is 6. The topological polar surface area (TPSA) is 91.8 Å². The van der Waals surface area contributed by atoms with Crippen LogP contribution in [0.25, 0.3) is 0 Å². The molecule has 8 nitrogen and oxygen atoms in total. The third kappa shape index (κ3) is 5.45. The van der Waals surface area contributed by atoms with Gasteiger partial charge in [-0.25, -0.2) is 13.4 Å². The number of aryl methyl sites for hydroxylation is 1. The zero-order valence-corrected chi connectivity index (χ0v) is 17.5. The Morgan fingerprint density at radius 2 is 1.93 bits per heavy atom. The number of benzene rings is 1. The summed E-state index contributed by atoms with van der Waals surface area (Å²) < 4.78 is 32.1. The maximum atomic E-state index is 12.7. The summed E-state index contributed by atoms with van der Waals surface area (Å²) in [7, 11) is -3.71. The van der Waals surface area contributed by atoms with E-state index in [-0.39, 0.29) is 5.88 Å². The summed E-state index contributed by atoms with van der Waals surface area (Å²) in [5, 5.41) is 2.59. The number of hydrogen-bond donors (Lipinski definition) is 1. The van der Waals surface area contributed by atoms with Gasteiger partial charge in [-0.3, -0.25) is 4.79 Å². The van der Waals surface area contributed by atoms with Crippen LogP contribution in [0.15, 0.2) is 42.6 Å². The maximum Gasteiger partial charge on any atom is 0.241 e. The van der Waals surface area contributed by atoms with Gasteiger partial charge in [0.2, 0.25) is 21.8 Å². The molecule has 0 saturated carbocycles. The van der Waals surface area contributed by atoms with Gasteiger partial charge >= 0.3 is 0 Å². The zero-order valence-electron chi connectivity index (χ0n) is 16.7. The average Bonchev–Trinajstić information content (AvgIpc) is 2.69. The van der Waals surface area contributed by atoms with Crippen molar-refractivity contribution in [2.24, 2.45) is 0 Å². The van der Waals surface area contributed by atoms with Crippen molar-refractivity contribution in [1.82, 2.24) is 9.29 Å². The Morgan fingerprint density at radius 3 is 2.62 bits per heavy atom. The molecular weight excluding hydrogens is 392 g/mol. The molecular formula is C20H26N4O4S. The lowest BCUT2D eigenvalue weighted by Gasteiger charge is -2.35. The second-order valence-corrected chi connectivity index (χ2v) is 8.79. The van der Waals surface area contributed by atoms with Crippen LogP contribution in [0, 0.1) is 6.92 Å². The highest BCUT2D eigenvalue weighted by Crippen LogP contribution is 2.21. The molecule has 1 fully saturated rings. The monoisotopic (exact) mass is 418 g/mol. The number of sulfonamides is 1. The van der Waals surface area contributed by atoms with Crippen molar-refractivity contribution in [3.05, 3.63) is 48.2 Å². The van der Waals surface area contributed by atoms with E-state index in [0.29, 0.717) is 38.5 Å². The Labute approximate surface area is 171 Å². The number of piperazine rings is 1. The molecule has 1 aliphatic heterocycles. The fourth-order valence-electron chi connectivity index (χ4n) is 3.23. The number of nitrogens with one attached hydrogen (secondary N) is 1. The summed E-state index contributed by atoms with van der Waals surface area (Å²) >= 11 is 0. The van der Waals surface area contributed by atoms with E-state index < -0.39 is 21.7 Å². The molecule has 2 heterocycles. The van der Waals surface area contributed by atoms with Crippen LogP contribution in [-0.4, -0.2) is 62.2 Å². The molecule has 1 aromatic heterocycles. The molecule has 1 N–H and O–H groups in total. The fraction of sp³-hybridized carbons (Fsp3) is 0.400. The summed E-state index contributed by atoms with van der Waals surface area (Å²) in [5.41, 5.74) is 2.61. The highest BCUT2D eigenvalue weighted by Gasteiger charge is 2.29. The smallest absolute Gasteiger partial charge is 0.241 e. The highest BCUT2D eigenvalue weighted by atomic mass is 32.2. The third-order valence-electron chi connectivity index (χ3n) is 4.64. The maximum absolute atomic E-state index is 12.7. The number of amides is 1. The zero-order chi connectivity index (χ0) is 20.9. The molecule has 29 heavy (non-hydrogen) atoms. The van der Waals surface area contributed by atoms with Crippen LogP contribution < -0.4 is 15.0 Å². The minimum atomic E-state index is -3.71. The molecule has 0 aliphatic carbocycles. The SMILES string of the molecule is CCOc1ncccc1NC(=O)CS(=O)(=O)N1CCN(c2cccc(C)c2)CC1. The van der Waals surface area contributed by atoms with Crippen molar-refractivity contribution in [1.29, 1.82) is 0 Å². The molecule has 9 heteroatoms. The first-order chi connectivity index (χ1) is 13.9. The number of rotatable bonds is 7. The average molecular weight is 419 g/mol. The Balaban J connectivity index is 1.58. The van der Waals surface area contributed by atoms with Gasteiger partial charge < -0.3 is 15.0 Å². The van der Waals surface area contributed by atoms with Gasteiger partial charge in [0.25, 0.3) is 0 Å². The number of nitrogens with zero attached hydrogens (tertiary/aromatic N) is 3. The van der Waals surface area contributed by atoms with Crippen LogP contribution in [0.1, 0.15) is 12.5 Å². The van der Waals surface area contributed by atoms with Crippen molar-refractivity contribution in [2.45, 2.75) is 13.8 Å². The van der Waals surface area contributed by atoms with Crippen LogP contribution in [-0.2, 0) is 14.8 Å². The normalized spacial score (nSPS) is 15.2. The molecule has 3 rings (SSSR count). The van der Waals surface area contributed by atoms with Gasteiger partial charge in [-0.2, -0.15) is 4.31 Å². The van der Waals surface area contributed by atoms with E-state index in [1.165, 1.54) is 4.31 Å². The number of carbonyl (C=O) groups excluding carboxylic acids is 1. The first-order valence-corrected chi connectivity index (χ1v) is 11.2. The minimum Gasteiger partial charge on any atom is -0.476 e. The lowest BCUT2D eigenvalue weighted by atomic mass is 10.2. The van der Waals surface area contributed by atoms with Crippen molar-refractivity contribution in [3.8, 4) is 5.88 Å². The second-order valence-electron chi connectivity index (χ2n) is 6.82. The molecule has 0 unspecified atom stereocenters. The van der Waals surface area contributed by atoms with Crippen LogP contribution in [0.3, 0.4) is 0 Å². The minimum absolute atomic E-state index is 0.271. The lowest BCUT2D eigenvalue weighted by molar-refractivity contribution is -0.114. The molecule has 1 amide bonds. The van der Waals surface area contributed by atoms with Crippen molar-refractivity contribution < 1.29 is 17.9 Å². The Morgan fingerprint density at radius 1 is 1.17 bits per heavy atom. The van der Waals surface area contributed by atoms with E-state index >= 15 is 0 Å². The van der Waals surface area contributed by atoms with Crippen LogP contribution in [0.5, 0.6) is 5.88 Å². The Bertz CT molecular complexity index is 956. The summed E-state index contributed by atoms with van der Waals surface area (Å²) in [6.07, 6.45) is 1.55. The first kappa shape index (κ1) is 21.1. The molecule has 1 aliphatic rings. The Hall–Kier alpha value is -2.65. The molecule has 0 spiro atoms. The van der Waals surface area contributed by atoms with Gasteiger partial charge in [-0.15, -0.1) is 0 Å². The second kappa shape index (κ2) is 9.23. The van der Waals surface area contributed by atoms with Gasteiger partial charge in [0.15, 0.2) is 0 Å². The summed E-state index contributed by atoms with van der Waals surface area (Å²) in [6, 6.07) is 11.4. The van der Waals surface area contributed by atoms with Crippen molar-refractivity contribution in [3.63, 3.8) is 0 Å². The van der Waals surface area contributed by atoms with E-state index in [4.69, 9.17) is 4.74 Å². The molecule has 0 bridgehead atoms. The van der Waals surface area contributed by atoms with Crippen LogP contribution in [0.4, 0.5) is 11.4 Å². The number of aromatic nitrogens is 1. The molecule has 0 atom stereocenters. The summed E-state index contributed by atoms with van der Waals surface area (Å²) in [4.78, 5) is 18.5. The lowest BCUT2D eigenvalue weighted by Crippen LogP contribution is -2.50. The third-order valence-corrected chi connectivity index (χ3v) is 6.42. The predicted octanol–water partition coefficient (Wildman–Crippen LogP) is 1.88. The quantitative estimate of drug-likeness (QED) is 0.738. The molecule has 156 valence electrons. The van der Waals surface area contributed by atoms with E-state index in [2.05, 4.69) is 21.3 Å². The van der Waals surface area contributed by atoms with Gasteiger partial charge in [0, 0.05) is 38.1 Å². The van der Waals surface area contributed by atoms with Crippen molar-refractivity contribution >= 4 is 27.3 Å². The van der Waals surface area contributed by atoms with E-state index in [9.17, 15) is 13.2 Å². The van der Waals surface area contributed by atoms with E-state index in [1.54, 1.807) is 25.3 Å². The van der Waals surface area contributed by atoms with E-state index in [0.717, 1.165) is 11.3 Å². The molecule has 1 aromatic carbocycles. The van der Waals surface area contributed by atoms with Crippen LogP contribution >= 0.6 is 0 Å². The van der Waals surface area contributed by atoms with Gasteiger partial charge in [0.05, 0.1) is 6.61 Å². The van der Waals surface area contributed by atoms with Gasteiger partial charge in [-0.1, -0.05) is 12.1 Å². The molecule has 0 radical (unpaired) electrons. The summed E-state index contributed by atoms with van der Waals surface area (Å²) in [6.45, 7) is 6.09. The highest BCUT2D eigenvalue weighted by molar-refractivity contribution is 7.89. The number of carbonyl (C=O) groups is 1. The predicted molar refractivity (Wildman–Crippen MR) is 113 cm³/mol. The van der Waals surface area contributed by atoms with E-state index in [1.807, 2.05) is 25.1 Å². The van der Waals surface area contributed by atoms with Crippen LogP contribution in [0.2, 0.25) is 0 Å². The Kier molecular flexibility index (Phi) is 6.71. The summed E-state index contributed by atoms with van der Waals surface area (Å²) in [5.74, 6) is -0.953. The van der Waals surface area contributed by atoms with Gasteiger partial charge in [-0.05, 0) is 43.7 Å².